The van der Waals surface area contributed by atoms with Crippen LogP contribution in [0.3, 0.4) is 0 Å². The van der Waals surface area contributed by atoms with E-state index < -0.39 is 0 Å². The molecule has 6 heteroatoms. The van der Waals surface area contributed by atoms with Crippen molar-refractivity contribution in [3.8, 4) is 11.5 Å². The topological polar surface area (TPSA) is 18.5 Å². The molecule has 2 rings (SSSR count). The van der Waals surface area contributed by atoms with Crippen molar-refractivity contribution in [3.05, 3.63) is 56.2 Å². The van der Waals surface area contributed by atoms with E-state index in [0.29, 0.717) is 17.1 Å². The highest BCUT2D eigenvalue weighted by molar-refractivity contribution is 9.11. The number of methoxy groups -OCH3 is 2. The molecule has 0 bridgehead atoms. The fourth-order valence-corrected chi connectivity index (χ4v) is 4.27. The van der Waals surface area contributed by atoms with Crippen LogP contribution in [0.25, 0.3) is 0 Å². The molecule has 0 aliphatic rings. The highest BCUT2D eigenvalue weighted by Crippen LogP contribution is 2.41. The van der Waals surface area contributed by atoms with Crippen LogP contribution in [0, 0.1) is 5.82 Å². The van der Waals surface area contributed by atoms with Crippen LogP contribution < -0.4 is 9.47 Å². The number of ether oxygens (including phenoxy) is 2. The van der Waals surface area contributed by atoms with Gasteiger partial charge in [0.1, 0.15) is 5.82 Å². The van der Waals surface area contributed by atoms with Crippen LogP contribution in [0.4, 0.5) is 4.39 Å². The quantitative estimate of drug-likeness (QED) is 0.509. The zero-order valence-corrected chi connectivity index (χ0v) is 16.1. The fourth-order valence-electron chi connectivity index (χ4n) is 1.94. The van der Waals surface area contributed by atoms with Crippen LogP contribution in [0.2, 0.25) is 0 Å². The highest BCUT2D eigenvalue weighted by atomic mass is 79.9. The number of benzene rings is 2. The van der Waals surface area contributed by atoms with Gasteiger partial charge in [-0.15, -0.1) is 0 Å². The lowest BCUT2D eigenvalue weighted by atomic mass is 10.0. The Kier molecular flexibility index (Phi) is 5.68. The molecule has 2 aromatic rings. The van der Waals surface area contributed by atoms with Gasteiger partial charge in [0.2, 0.25) is 0 Å². The maximum absolute atomic E-state index is 14.3. The molecule has 0 aliphatic heterocycles. The first-order valence-electron chi connectivity index (χ1n) is 5.98. The second kappa shape index (κ2) is 7.11. The van der Waals surface area contributed by atoms with Gasteiger partial charge in [0.15, 0.2) is 11.5 Å². The van der Waals surface area contributed by atoms with Gasteiger partial charge < -0.3 is 9.47 Å². The summed E-state index contributed by atoms with van der Waals surface area (Å²) in [6.07, 6.45) is 0. The minimum absolute atomic E-state index is 0.306. The summed E-state index contributed by atoms with van der Waals surface area (Å²) < 4.78 is 26.5. The van der Waals surface area contributed by atoms with Crippen molar-refractivity contribution in [3.63, 3.8) is 0 Å². The van der Waals surface area contributed by atoms with Crippen molar-refractivity contribution in [1.29, 1.82) is 0 Å². The van der Waals surface area contributed by atoms with Crippen LogP contribution in [0.5, 0.6) is 11.5 Å². The minimum Gasteiger partial charge on any atom is -0.493 e. The van der Waals surface area contributed by atoms with Gasteiger partial charge in [-0.25, -0.2) is 4.39 Å². The van der Waals surface area contributed by atoms with Crippen molar-refractivity contribution in [2.75, 3.05) is 14.2 Å². The molecule has 0 fully saturated rings. The summed E-state index contributed by atoms with van der Waals surface area (Å²) in [6.45, 7) is 0. The molecule has 0 saturated heterocycles. The average Bonchev–Trinajstić information content (AvgIpc) is 2.46. The summed E-state index contributed by atoms with van der Waals surface area (Å²) >= 11 is 10.4. The lowest BCUT2D eigenvalue weighted by Crippen LogP contribution is -2.00. The molecule has 0 heterocycles. The summed E-state index contributed by atoms with van der Waals surface area (Å²) in [6, 6.07) is 8.72. The van der Waals surface area contributed by atoms with Gasteiger partial charge in [0, 0.05) is 20.6 Å². The molecule has 0 aromatic heterocycles. The van der Waals surface area contributed by atoms with E-state index in [-0.39, 0.29) is 10.6 Å². The molecule has 0 saturated carbocycles. The van der Waals surface area contributed by atoms with Gasteiger partial charge in [-0.3, -0.25) is 0 Å². The number of alkyl halides is 1. The van der Waals surface area contributed by atoms with Crippen LogP contribution >= 0.6 is 47.8 Å². The summed E-state index contributed by atoms with van der Waals surface area (Å²) in [5.41, 5.74) is 1.40. The maximum atomic E-state index is 14.3. The molecule has 21 heavy (non-hydrogen) atoms. The fraction of sp³-hybridized carbons (Fsp3) is 0.200. The van der Waals surface area contributed by atoms with E-state index in [2.05, 4.69) is 47.8 Å². The van der Waals surface area contributed by atoms with E-state index in [1.807, 2.05) is 18.2 Å². The maximum Gasteiger partial charge on any atom is 0.163 e. The monoisotopic (exact) mass is 480 g/mol. The second-order valence-corrected chi connectivity index (χ2v) is 6.94. The largest absolute Gasteiger partial charge is 0.493 e. The first-order valence-corrected chi connectivity index (χ1v) is 8.48. The molecule has 1 unspecified atom stereocenters. The van der Waals surface area contributed by atoms with Gasteiger partial charge >= 0.3 is 0 Å². The third-order valence-electron chi connectivity index (χ3n) is 3.01. The third-order valence-corrected chi connectivity index (χ3v) is 5.18. The standard InChI is InChI=1S/C15H12Br3FO2/c1-20-13-6-10(12(19)7-14(13)21-2)15(18)9-4-3-8(16)5-11(9)17/h3-7,15H,1-2H3. The predicted octanol–water partition coefficient (Wildman–Crippen LogP) is 5.85. The Morgan fingerprint density at radius 1 is 0.952 bits per heavy atom. The molecule has 0 spiro atoms. The van der Waals surface area contributed by atoms with Gasteiger partial charge in [0.25, 0.3) is 0 Å². The molecular weight excluding hydrogens is 471 g/mol. The molecule has 0 aliphatic carbocycles. The van der Waals surface area contributed by atoms with Crippen LogP contribution in [-0.4, -0.2) is 14.2 Å². The molecule has 0 radical (unpaired) electrons. The van der Waals surface area contributed by atoms with E-state index >= 15 is 0 Å². The Morgan fingerprint density at radius 2 is 1.57 bits per heavy atom. The van der Waals surface area contributed by atoms with Gasteiger partial charge in [-0.05, 0) is 23.8 Å². The van der Waals surface area contributed by atoms with E-state index in [4.69, 9.17) is 9.47 Å². The van der Waals surface area contributed by atoms with Crippen molar-refractivity contribution < 1.29 is 13.9 Å². The van der Waals surface area contributed by atoms with Crippen molar-refractivity contribution in [2.45, 2.75) is 4.83 Å². The zero-order chi connectivity index (χ0) is 15.6. The summed E-state index contributed by atoms with van der Waals surface area (Å²) in [7, 11) is 3.01. The van der Waals surface area contributed by atoms with Crippen molar-refractivity contribution in [1.82, 2.24) is 0 Å². The minimum atomic E-state index is -0.357. The van der Waals surface area contributed by atoms with Crippen LogP contribution in [0.1, 0.15) is 16.0 Å². The molecule has 0 amide bonds. The Bertz CT molecular complexity index is 662. The first kappa shape index (κ1) is 16.8. The lowest BCUT2D eigenvalue weighted by molar-refractivity contribution is 0.351. The van der Waals surface area contributed by atoms with Crippen LogP contribution in [0.15, 0.2) is 39.3 Å². The number of rotatable bonds is 4. The van der Waals surface area contributed by atoms with E-state index in [1.54, 1.807) is 6.07 Å². The van der Waals surface area contributed by atoms with Gasteiger partial charge in [0.05, 0.1) is 19.0 Å². The normalized spacial score (nSPS) is 12.1. The third kappa shape index (κ3) is 3.60. The molecule has 2 nitrogen and oxygen atoms in total. The number of hydrogen-bond donors (Lipinski definition) is 0. The Morgan fingerprint density at radius 3 is 2.14 bits per heavy atom. The first-order chi connectivity index (χ1) is 9.97. The highest BCUT2D eigenvalue weighted by Gasteiger charge is 2.20. The summed E-state index contributed by atoms with van der Waals surface area (Å²) in [5, 5.41) is 0. The smallest absolute Gasteiger partial charge is 0.163 e. The van der Waals surface area contributed by atoms with E-state index in [9.17, 15) is 4.39 Å². The van der Waals surface area contributed by atoms with Crippen LogP contribution in [-0.2, 0) is 0 Å². The zero-order valence-electron chi connectivity index (χ0n) is 11.3. The lowest BCUT2D eigenvalue weighted by Gasteiger charge is -2.16. The Hall–Kier alpha value is -0.590. The van der Waals surface area contributed by atoms with Crippen molar-refractivity contribution >= 4 is 47.8 Å². The van der Waals surface area contributed by atoms with Gasteiger partial charge in [-0.2, -0.15) is 0 Å². The number of hydrogen-bond acceptors (Lipinski definition) is 2. The average molecular weight is 483 g/mol. The summed E-state index contributed by atoms with van der Waals surface area (Å²) in [5.74, 6) is 0.504. The summed E-state index contributed by atoms with van der Waals surface area (Å²) in [4.78, 5) is -0.306. The molecule has 0 N–H and O–H groups in total. The molecule has 1 atom stereocenters. The number of halogens is 4. The second-order valence-electron chi connectivity index (χ2n) is 4.26. The van der Waals surface area contributed by atoms with E-state index in [0.717, 1.165) is 14.5 Å². The van der Waals surface area contributed by atoms with E-state index in [1.165, 1.54) is 20.3 Å². The molecular formula is C15H12Br3FO2. The van der Waals surface area contributed by atoms with Gasteiger partial charge in [-0.1, -0.05) is 53.9 Å². The van der Waals surface area contributed by atoms with Crippen molar-refractivity contribution in [2.24, 2.45) is 0 Å². The Labute approximate surface area is 148 Å². The SMILES string of the molecule is COc1cc(F)c(C(Br)c2ccc(Br)cc2Br)cc1OC. The molecule has 112 valence electrons. The molecule has 2 aromatic carbocycles. The Balaban J connectivity index is 2.50. The predicted molar refractivity (Wildman–Crippen MR) is 92.1 cm³/mol.